The van der Waals surface area contributed by atoms with Gasteiger partial charge in [0.25, 0.3) is 5.91 Å². The number of hydrogen-bond donors (Lipinski definition) is 2. The molecular weight excluding hydrogens is 392 g/mol. The Balaban J connectivity index is 1.87. The molecule has 1 aromatic carbocycles. The number of nitrogens with one attached hydrogen (secondary N) is 2. The Kier molecular flexibility index (Phi) is 7.27. The fraction of sp³-hybridized carbons (Fsp3) is 0.294. The molecular formula is C17H19BrN2O3S. The normalized spacial score (nSPS) is 10.2. The van der Waals surface area contributed by atoms with Gasteiger partial charge in [-0.25, -0.2) is 0 Å². The standard InChI is InChI=1S/C17H19BrN2O3S/c1-2-3-8-23-15-7-6-12(10-14(15)18)16(21)20-17(24)19-11-13-5-4-9-22-13/h4-7,9-10H,2-3,8,11H2,1H3,(H2,19,20,21,24). The van der Waals surface area contributed by atoms with Crippen LogP contribution in [0.5, 0.6) is 5.75 Å². The third kappa shape index (κ3) is 5.65. The molecule has 1 amide bonds. The van der Waals surface area contributed by atoms with E-state index in [1.807, 2.05) is 6.07 Å². The van der Waals surface area contributed by atoms with Crippen LogP contribution < -0.4 is 15.4 Å². The Hall–Kier alpha value is -1.86. The maximum Gasteiger partial charge on any atom is 0.257 e. The molecule has 7 heteroatoms. The number of halogens is 1. The minimum absolute atomic E-state index is 0.246. The van der Waals surface area contributed by atoms with Crippen LogP contribution in [0.4, 0.5) is 0 Å². The number of carbonyl (C=O) groups excluding carboxylic acids is 1. The van der Waals surface area contributed by atoms with Gasteiger partial charge in [-0.15, -0.1) is 0 Å². The highest BCUT2D eigenvalue weighted by atomic mass is 79.9. The van der Waals surface area contributed by atoms with Gasteiger partial charge in [-0.2, -0.15) is 0 Å². The number of rotatable bonds is 7. The second kappa shape index (κ2) is 9.44. The minimum atomic E-state index is -0.284. The molecule has 0 radical (unpaired) electrons. The number of amides is 1. The highest BCUT2D eigenvalue weighted by Gasteiger charge is 2.11. The molecule has 0 aliphatic carbocycles. The third-order valence-electron chi connectivity index (χ3n) is 3.18. The van der Waals surface area contributed by atoms with Crippen LogP contribution >= 0.6 is 28.1 Å². The highest BCUT2D eigenvalue weighted by molar-refractivity contribution is 9.10. The van der Waals surface area contributed by atoms with Crippen LogP contribution in [0.1, 0.15) is 35.9 Å². The molecule has 128 valence electrons. The summed E-state index contributed by atoms with van der Waals surface area (Å²) in [4.78, 5) is 12.2. The summed E-state index contributed by atoms with van der Waals surface area (Å²) in [6.07, 6.45) is 3.64. The smallest absolute Gasteiger partial charge is 0.257 e. The minimum Gasteiger partial charge on any atom is -0.492 e. The number of ether oxygens (including phenoxy) is 1. The third-order valence-corrected chi connectivity index (χ3v) is 4.05. The second-order valence-corrected chi connectivity index (χ2v) is 6.33. The average Bonchev–Trinajstić information content (AvgIpc) is 3.08. The molecule has 0 saturated heterocycles. The summed E-state index contributed by atoms with van der Waals surface area (Å²) in [6, 6.07) is 8.81. The predicted octanol–water partition coefficient (Wildman–Crippen LogP) is 4.03. The Morgan fingerprint density at radius 1 is 1.38 bits per heavy atom. The van der Waals surface area contributed by atoms with E-state index in [-0.39, 0.29) is 11.0 Å². The van der Waals surface area contributed by atoms with Crippen molar-refractivity contribution in [3.63, 3.8) is 0 Å². The van der Waals surface area contributed by atoms with Gasteiger partial charge in [0.05, 0.1) is 23.9 Å². The van der Waals surface area contributed by atoms with Crippen LogP contribution in [-0.2, 0) is 6.54 Å². The first kappa shape index (κ1) is 18.5. The van der Waals surface area contributed by atoms with Crippen molar-refractivity contribution in [1.82, 2.24) is 10.6 Å². The molecule has 2 rings (SSSR count). The Labute approximate surface area is 154 Å². The first-order valence-electron chi connectivity index (χ1n) is 7.64. The number of furan rings is 1. The van der Waals surface area contributed by atoms with Gasteiger partial charge in [0.1, 0.15) is 11.5 Å². The van der Waals surface area contributed by atoms with Crippen molar-refractivity contribution in [2.45, 2.75) is 26.3 Å². The van der Waals surface area contributed by atoms with E-state index in [4.69, 9.17) is 21.4 Å². The summed E-state index contributed by atoms with van der Waals surface area (Å²) < 4.78 is 11.6. The van der Waals surface area contributed by atoms with Crippen molar-refractivity contribution in [1.29, 1.82) is 0 Å². The first-order chi connectivity index (χ1) is 11.6. The quantitative estimate of drug-likeness (QED) is 0.532. The van der Waals surface area contributed by atoms with Crippen molar-refractivity contribution in [2.24, 2.45) is 0 Å². The lowest BCUT2D eigenvalue weighted by Gasteiger charge is -2.11. The zero-order valence-electron chi connectivity index (χ0n) is 13.3. The van der Waals surface area contributed by atoms with E-state index in [1.54, 1.807) is 30.5 Å². The van der Waals surface area contributed by atoms with Crippen molar-refractivity contribution < 1.29 is 13.9 Å². The number of hydrogen-bond acceptors (Lipinski definition) is 4. The molecule has 1 aromatic heterocycles. The fourth-order valence-electron chi connectivity index (χ4n) is 1.89. The summed E-state index contributed by atoms with van der Waals surface area (Å²) in [5, 5.41) is 5.80. The molecule has 5 nitrogen and oxygen atoms in total. The van der Waals surface area contributed by atoms with E-state index in [9.17, 15) is 4.79 Å². The van der Waals surface area contributed by atoms with Gasteiger partial charge in [-0.1, -0.05) is 13.3 Å². The largest absolute Gasteiger partial charge is 0.492 e. The van der Waals surface area contributed by atoms with Gasteiger partial charge in [-0.05, 0) is 64.9 Å². The second-order valence-electron chi connectivity index (χ2n) is 5.06. The van der Waals surface area contributed by atoms with Crippen molar-refractivity contribution in [2.75, 3.05) is 6.61 Å². The lowest BCUT2D eigenvalue weighted by Crippen LogP contribution is -2.38. The van der Waals surface area contributed by atoms with E-state index in [1.165, 1.54) is 0 Å². The van der Waals surface area contributed by atoms with Gasteiger partial charge in [0, 0.05) is 5.56 Å². The molecule has 24 heavy (non-hydrogen) atoms. The van der Waals surface area contributed by atoms with Gasteiger partial charge in [0.15, 0.2) is 5.11 Å². The van der Waals surface area contributed by atoms with E-state index in [0.29, 0.717) is 18.7 Å². The molecule has 2 aromatic rings. The topological polar surface area (TPSA) is 63.5 Å². The van der Waals surface area contributed by atoms with E-state index >= 15 is 0 Å². The van der Waals surface area contributed by atoms with Crippen LogP contribution in [0.3, 0.4) is 0 Å². The van der Waals surface area contributed by atoms with Crippen LogP contribution in [0.25, 0.3) is 0 Å². The summed E-state index contributed by atoms with van der Waals surface area (Å²) in [6.45, 7) is 3.18. The van der Waals surface area contributed by atoms with Crippen LogP contribution in [0, 0.1) is 0 Å². The SMILES string of the molecule is CCCCOc1ccc(C(=O)NC(=S)NCc2ccco2)cc1Br. The zero-order valence-corrected chi connectivity index (χ0v) is 15.7. The van der Waals surface area contributed by atoms with Crippen molar-refractivity contribution >= 4 is 39.2 Å². The maximum atomic E-state index is 12.2. The molecule has 0 spiro atoms. The lowest BCUT2D eigenvalue weighted by atomic mass is 10.2. The van der Waals surface area contributed by atoms with E-state index < -0.39 is 0 Å². The Bertz CT molecular complexity index is 689. The monoisotopic (exact) mass is 410 g/mol. The maximum absolute atomic E-state index is 12.2. The number of benzene rings is 1. The average molecular weight is 411 g/mol. The van der Waals surface area contributed by atoms with Crippen molar-refractivity contribution in [3.05, 3.63) is 52.4 Å². The lowest BCUT2D eigenvalue weighted by molar-refractivity contribution is 0.0976. The highest BCUT2D eigenvalue weighted by Crippen LogP contribution is 2.26. The van der Waals surface area contributed by atoms with E-state index in [2.05, 4.69) is 33.5 Å². The summed E-state index contributed by atoms with van der Waals surface area (Å²) in [5.74, 6) is 1.18. The van der Waals surface area contributed by atoms with Crippen molar-refractivity contribution in [3.8, 4) is 5.75 Å². The molecule has 0 bridgehead atoms. The Morgan fingerprint density at radius 2 is 2.21 bits per heavy atom. The summed E-state index contributed by atoms with van der Waals surface area (Å²) >= 11 is 8.54. The Morgan fingerprint density at radius 3 is 2.88 bits per heavy atom. The molecule has 0 aliphatic rings. The summed E-state index contributed by atoms with van der Waals surface area (Å²) in [7, 11) is 0. The fourth-order valence-corrected chi connectivity index (χ4v) is 2.54. The van der Waals surface area contributed by atoms with Gasteiger partial charge in [0.2, 0.25) is 0 Å². The van der Waals surface area contributed by atoms with Crippen LogP contribution in [0.15, 0.2) is 45.5 Å². The van der Waals surface area contributed by atoms with Crippen LogP contribution in [-0.4, -0.2) is 17.6 Å². The van der Waals surface area contributed by atoms with Gasteiger partial charge >= 0.3 is 0 Å². The van der Waals surface area contributed by atoms with Gasteiger partial charge in [-0.3, -0.25) is 10.1 Å². The number of unbranched alkanes of at least 4 members (excludes halogenated alkanes) is 1. The molecule has 0 saturated carbocycles. The summed E-state index contributed by atoms with van der Waals surface area (Å²) in [5.41, 5.74) is 0.492. The predicted molar refractivity (Wildman–Crippen MR) is 100 cm³/mol. The number of carbonyl (C=O) groups is 1. The van der Waals surface area contributed by atoms with Crippen LogP contribution in [0.2, 0.25) is 0 Å². The zero-order chi connectivity index (χ0) is 17.4. The molecule has 0 atom stereocenters. The van der Waals surface area contributed by atoms with E-state index in [0.717, 1.165) is 28.8 Å². The molecule has 0 unspecified atom stereocenters. The molecule has 1 heterocycles. The first-order valence-corrected chi connectivity index (χ1v) is 8.84. The molecule has 2 N–H and O–H groups in total. The number of thiocarbonyl (C=S) groups is 1. The van der Waals surface area contributed by atoms with Gasteiger partial charge < -0.3 is 14.5 Å². The molecule has 0 fully saturated rings. The molecule has 0 aliphatic heterocycles.